The van der Waals surface area contributed by atoms with Gasteiger partial charge in [-0.05, 0) is 24.3 Å². The number of hydrogen-bond donors (Lipinski definition) is 2. The second-order valence-electron chi connectivity index (χ2n) is 5.51. The molecule has 0 aliphatic carbocycles. The lowest BCUT2D eigenvalue weighted by atomic mass is 10.1. The molecule has 0 aliphatic rings. The molecule has 3 rings (SSSR count). The minimum absolute atomic E-state index is 0.0832. The van der Waals surface area contributed by atoms with E-state index in [1.54, 1.807) is 18.2 Å². The maximum atomic E-state index is 13.6. The second-order valence-corrected chi connectivity index (χ2v) is 6.37. The smallest absolute Gasteiger partial charge is 0.252 e. The van der Waals surface area contributed by atoms with Crippen molar-refractivity contribution >= 4 is 32.7 Å². The molecule has 0 radical (unpaired) electrons. The summed E-state index contributed by atoms with van der Waals surface area (Å²) in [6.07, 6.45) is -0.143. The molecule has 0 fully saturated rings. The average molecular weight is 407 g/mol. The van der Waals surface area contributed by atoms with Crippen LogP contribution in [-0.4, -0.2) is 10.9 Å². The van der Waals surface area contributed by atoms with Gasteiger partial charge in [0.25, 0.3) is 5.56 Å². The monoisotopic (exact) mass is 406 g/mol. The van der Waals surface area contributed by atoms with E-state index in [1.165, 1.54) is 6.07 Å². The quantitative estimate of drug-likeness (QED) is 0.697. The van der Waals surface area contributed by atoms with Crippen LogP contribution in [0.4, 0.5) is 8.78 Å². The fourth-order valence-corrected chi connectivity index (χ4v) is 2.94. The highest BCUT2D eigenvalue weighted by Crippen LogP contribution is 2.22. The molecule has 0 bridgehead atoms. The van der Waals surface area contributed by atoms with Crippen LogP contribution in [0.3, 0.4) is 0 Å². The van der Waals surface area contributed by atoms with Crippen LogP contribution in [0.15, 0.2) is 51.7 Å². The van der Waals surface area contributed by atoms with Crippen LogP contribution in [0.5, 0.6) is 0 Å². The van der Waals surface area contributed by atoms with Gasteiger partial charge in [0.05, 0.1) is 6.42 Å². The number of hydrogen-bond acceptors (Lipinski definition) is 2. The van der Waals surface area contributed by atoms with Crippen molar-refractivity contribution in [3.8, 4) is 0 Å². The summed E-state index contributed by atoms with van der Waals surface area (Å²) in [6, 6.07) is 10.2. The zero-order valence-electron chi connectivity index (χ0n) is 12.9. The van der Waals surface area contributed by atoms with Crippen molar-refractivity contribution in [3.05, 3.63) is 80.1 Å². The number of aromatic amines is 1. The van der Waals surface area contributed by atoms with Gasteiger partial charge in [-0.2, -0.15) is 0 Å². The van der Waals surface area contributed by atoms with Crippen molar-refractivity contribution in [1.29, 1.82) is 0 Å². The summed E-state index contributed by atoms with van der Waals surface area (Å²) in [4.78, 5) is 26.9. The summed E-state index contributed by atoms with van der Waals surface area (Å²) in [5.74, 6) is -1.84. The fourth-order valence-electron chi connectivity index (χ4n) is 2.46. The van der Waals surface area contributed by atoms with Crippen molar-refractivity contribution < 1.29 is 13.6 Å². The van der Waals surface area contributed by atoms with Crippen molar-refractivity contribution in [2.24, 2.45) is 0 Å². The van der Waals surface area contributed by atoms with E-state index in [0.717, 1.165) is 22.0 Å². The number of halogens is 3. The molecule has 0 spiro atoms. The first kappa shape index (κ1) is 17.3. The Balaban J connectivity index is 1.74. The molecule has 2 N–H and O–H groups in total. The molecule has 0 atom stereocenters. The number of rotatable bonds is 4. The van der Waals surface area contributed by atoms with Crippen LogP contribution in [-0.2, 0) is 17.8 Å². The number of H-pyrrole nitrogens is 1. The third-order valence-corrected chi connectivity index (χ3v) is 4.44. The Morgan fingerprint density at radius 2 is 1.92 bits per heavy atom. The molecule has 2 aromatic carbocycles. The van der Waals surface area contributed by atoms with Gasteiger partial charge in [-0.25, -0.2) is 8.78 Å². The molecule has 0 unspecified atom stereocenters. The highest BCUT2D eigenvalue weighted by Gasteiger charge is 2.11. The number of carbonyl (C=O) groups excluding carboxylic acids is 1. The zero-order valence-corrected chi connectivity index (χ0v) is 14.5. The van der Waals surface area contributed by atoms with Gasteiger partial charge in [0.2, 0.25) is 5.91 Å². The van der Waals surface area contributed by atoms with Crippen molar-refractivity contribution in [2.45, 2.75) is 13.0 Å². The van der Waals surface area contributed by atoms with Crippen LogP contribution >= 0.6 is 15.9 Å². The molecule has 4 nitrogen and oxygen atoms in total. The van der Waals surface area contributed by atoms with Gasteiger partial charge >= 0.3 is 0 Å². The minimum atomic E-state index is -0.729. The lowest BCUT2D eigenvalue weighted by molar-refractivity contribution is -0.120. The molecule has 1 amide bonds. The molecule has 0 aliphatic heterocycles. The Morgan fingerprint density at radius 3 is 2.68 bits per heavy atom. The number of aromatic nitrogens is 1. The Morgan fingerprint density at radius 1 is 1.12 bits per heavy atom. The first-order valence-electron chi connectivity index (χ1n) is 7.45. The first-order valence-corrected chi connectivity index (χ1v) is 8.24. The summed E-state index contributed by atoms with van der Waals surface area (Å²) >= 11 is 3.40. The standard InChI is InChI=1S/C18H13BrF2N2O2/c19-14-2-1-3-16-13(14)6-11(18(25)23-16)7-17(24)22-9-10-4-5-12(20)8-15(10)21/h1-6,8H,7,9H2,(H,22,24)(H,23,25). The third-order valence-electron chi connectivity index (χ3n) is 3.75. The molecular formula is C18H13BrF2N2O2. The van der Waals surface area contributed by atoms with E-state index in [2.05, 4.69) is 26.2 Å². The molecule has 25 heavy (non-hydrogen) atoms. The van der Waals surface area contributed by atoms with Gasteiger partial charge in [0.15, 0.2) is 0 Å². The lowest BCUT2D eigenvalue weighted by Gasteiger charge is -2.07. The van der Waals surface area contributed by atoms with E-state index < -0.39 is 17.5 Å². The van der Waals surface area contributed by atoms with Crippen LogP contribution in [0.25, 0.3) is 10.9 Å². The maximum absolute atomic E-state index is 13.6. The normalized spacial score (nSPS) is 10.8. The molecule has 3 aromatic rings. The van der Waals surface area contributed by atoms with Gasteiger partial charge < -0.3 is 10.3 Å². The topological polar surface area (TPSA) is 62.0 Å². The maximum Gasteiger partial charge on any atom is 0.252 e. The van der Waals surface area contributed by atoms with E-state index in [9.17, 15) is 18.4 Å². The zero-order chi connectivity index (χ0) is 18.0. The van der Waals surface area contributed by atoms with Crippen LogP contribution in [0, 0.1) is 11.6 Å². The number of nitrogens with one attached hydrogen (secondary N) is 2. The van der Waals surface area contributed by atoms with E-state index >= 15 is 0 Å². The molecule has 1 aromatic heterocycles. The van der Waals surface area contributed by atoms with Gasteiger partial charge in [-0.1, -0.05) is 28.1 Å². The molecule has 0 saturated carbocycles. The van der Waals surface area contributed by atoms with E-state index in [1.807, 2.05) is 6.07 Å². The van der Waals surface area contributed by atoms with Gasteiger partial charge in [0.1, 0.15) is 11.6 Å². The van der Waals surface area contributed by atoms with Crippen LogP contribution in [0.2, 0.25) is 0 Å². The Labute approximate surface area is 150 Å². The number of pyridine rings is 1. The Hall–Kier alpha value is -2.54. The SMILES string of the molecule is O=C(Cc1cc2c(Br)cccc2[nH]c1=O)NCc1ccc(F)cc1F. The number of benzene rings is 2. The van der Waals surface area contributed by atoms with E-state index in [0.29, 0.717) is 11.1 Å². The Kier molecular flexibility index (Phi) is 4.94. The average Bonchev–Trinajstić information content (AvgIpc) is 2.55. The highest BCUT2D eigenvalue weighted by atomic mass is 79.9. The number of amides is 1. The summed E-state index contributed by atoms with van der Waals surface area (Å²) in [7, 11) is 0. The van der Waals surface area contributed by atoms with Crippen molar-refractivity contribution in [1.82, 2.24) is 10.3 Å². The predicted octanol–water partition coefficient (Wildman–Crippen LogP) is 3.43. The van der Waals surface area contributed by atoms with Gasteiger partial charge in [-0.15, -0.1) is 0 Å². The molecule has 1 heterocycles. The largest absolute Gasteiger partial charge is 0.352 e. The molecule has 0 saturated heterocycles. The molecular weight excluding hydrogens is 394 g/mol. The summed E-state index contributed by atoms with van der Waals surface area (Å²) in [6.45, 7) is -0.0832. The predicted molar refractivity (Wildman–Crippen MR) is 94.2 cm³/mol. The second kappa shape index (κ2) is 7.14. The summed E-state index contributed by atoms with van der Waals surface area (Å²) < 4.78 is 27.2. The van der Waals surface area contributed by atoms with Crippen LogP contribution in [0.1, 0.15) is 11.1 Å². The third kappa shape index (κ3) is 3.93. The summed E-state index contributed by atoms with van der Waals surface area (Å²) in [5, 5.41) is 3.32. The minimum Gasteiger partial charge on any atom is -0.352 e. The van der Waals surface area contributed by atoms with Crippen molar-refractivity contribution in [3.63, 3.8) is 0 Å². The fraction of sp³-hybridized carbons (Fsp3) is 0.111. The Bertz CT molecular complexity index is 1020. The molecule has 7 heteroatoms. The van der Waals surface area contributed by atoms with Crippen LogP contribution < -0.4 is 10.9 Å². The molecule has 128 valence electrons. The number of fused-ring (bicyclic) bond motifs is 1. The lowest BCUT2D eigenvalue weighted by Crippen LogP contribution is -2.27. The summed E-state index contributed by atoms with van der Waals surface area (Å²) in [5.41, 5.74) is 0.784. The highest BCUT2D eigenvalue weighted by molar-refractivity contribution is 9.10. The van der Waals surface area contributed by atoms with Crippen molar-refractivity contribution in [2.75, 3.05) is 0 Å². The van der Waals surface area contributed by atoms with E-state index in [-0.39, 0.29) is 24.1 Å². The van der Waals surface area contributed by atoms with Gasteiger partial charge in [0, 0.05) is 39.1 Å². The van der Waals surface area contributed by atoms with E-state index in [4.69, 9.17) is 0 Å². The van der Waals surface area contributed by atoms with Gasteiger partial charge in [-0.3, -0.25) is 9.59 Å². The number of carbonyl (C=O) groups is 1. The first-order chi connectivity index (χ1) is 11.9.